The van der Waals surface area contributed by atoms with Gasteiger partial charge < -0.3 is 0 Å². The van der Waals surface area contributed by atoms with Gasteiger partial charge in [-0.15, -0.1) is 0 Å². The third-order valence-electron chi connectivity index (χ3n) is 2.16. The number of aliphatic imine (C=N–C) groups is 1. The zero-order chi connectivity index (χ0) is 11.8. The van der Waals surface area contributed by atoms with Gasteiger partial charge in [0.2, 0.25) is 0 Å². The summed E-state index contributed by atoms with van der Waals surface area (Å²) >= 11 is 0. The van der Waals surface area contributed by atoms with E-state index in [1.54, 1.807) is 0 Å². The lowest BCUT2D eigenvalue weighted by Gasteiger charge is -2.07. The van der Waals surface area contributed by atoms with Crippen LogP contribution in [0.25, 0.3) is 0 Å². The van der Waals surface area contributed by atoms with Gasteiger partial charge in [0, 0.05) is 5.70 Å². The lowest BCUT2D eigenvalue weighted by atomic mass is 10.0. The van der Waals surface area contributed by atoms with Crippen LogP contribution in [0.5, 0.6) is 0 Å². The molecule has 0 radical (unpaired) electrons. The summed E-state index contributed by atoms with van der Waals surface area (Å²) in [5, 5.41) is 0. The quantitative estimate of drug-likeness (QED) is 0.466. The van der Waals surface area contributed by atoms with E-state index in [0.29, 0.717) is 11.8 Å². The van der Waals surface area contributed by atoms with Gasteiger partial charge in [0.05, 0.1) is 0 Å². The monoisotopic (exact) mass is 205 g/mol. The molecule has 0 bridgehead atoms. The molecule has 0 fully saturated rings. The molecule has 0 heterocycles. The Morgan fingerprint density at radius 2 is 1.73 bits per heavy atom. The van der Waals surface area contributed by atoms with Crippen LogP contribution in [0.15, 0.2) is 40.6 Å². The van der Waals surface area contributed by atoms with Crippen LogP contribution in [0.1, 0.15) is 34.6 Å². The van der Waals surface area contributed by atoms with Crippen LogP contribution in [0.2, 0.25) is 0 Å². The highest BCUT2D eigenvalue weighted by Crippen LogP contribution is 2.16. The summed E-state index contributed by atoms with van der Waals surface area (Å²) in [4.78, 5) is 3.98. The van der Waals surface area contributed by atoms with Gasteiger partial charge >= 0.3 is 0 Å². The highest BCUT2D eigenvalue weighted by Gasteiger charge is 2.01. The lowest BCUT2D eigenvalue weighted by Crippen LogP contribution is -1.93. The van der Waals surface area contributed by atoms with Crippen LogP contribution in [0, 0.1) is 11.8 Å². The topological polar surface area (TPSA) is 12.4 Å². The number of nitrogens with zero attached hydrogens (tertiary/aromatic N) is 1. The molecule has 0 aliphatic heterocycles. The normalized spacial score (nSPS) is 14.3. The number of allylic oxidation sites excluding steroid dienone is 6. The van der Waals surface area contributed by atoms with Crippen LogP contribution in [0.3, 0.4) is 0 Å². The van der Waals surface area contributed by atoms with Gasteiger partial charge in [-0.2, -0.15) is 0 Å². The molecule has 0 rings (SSSR count). The zero-order valence-electron chi connectivity index (χ0n) is 10.6. The lowest BCUT2D eigenvalue weighted by molar-refractivity contribution is 0.777. The first kappa shape index (κ1) is 13.9. The van der Waals surface area contributed by atoms with Gasteiger partial charge in [-0.25, -0.2) is 0 Å². The second-order valence-electron chi connectivity index (χ2n) is 4.34. The summed E-state index contributed by atoms with van der Waals surface area (Å²) in [5.74, 6) is 1.08. The van der Waals surface area contributed by atoms with Gasteiger partial charge in [0.15, 0.2) is 0 Å². The molecule has 84 valence electrons. The summed E-state index contributed by atoms with van der Waals surface area (Å²) < 4.78 is 0. The van der Waals surface area contributed by atoms with E-state index < -0.39 is 0 Å². The molecule has 15 heavy (non-hydrogen) atoms. The Bertz CT molecular complexity index is 278. The molecule has 0 aromatic heterocycles. The fourth-order valence-corrected chi connectivity index (χ4v) is 1.27. The SMILES string of the molecule is C=N/C(C)=C(/C=C\C=C\C(C)C)C(C)C. The smallest absolute Gasteiger partial charge is 0.0399 e. The highest BCUT2D eigenvalue weighted by molar-refractivity contribution is 5.35. The van der Waals surface area contributed by atoms with Crippen LogP contribution < -0.4 is 0 Å². The molecule has 0 unspecified atom stereocenters. The van der Waals surface area contributed by atoms with Crippen molar-refractivity contribution in [2.75, 3.05) is 0 Å². The van der Waals surface area contributed by atoms with Crippen molar-refractivity contribution in [1.82, 2.24) is 0 Å². The van der Waals surface area contributed by atoms with E-state index in [0.717, 1.165) is 5.70 Å². The van der Waals surface area contributed by atoms with E-state index in [2.05, 4.69) is 63.7 Å². The Morgan fingerprint density at radius 1 is 1.13 bits per heavy atom. The predicted octanol–water partition coefficient (Wildman–Crippen LogP) is 4.39. The molecular formula is C14H23N. The maximum absolute atomic E-state index is 3.98. The molecule has 0 aromatic carbocycles. The number of hydrogen-bond acceptors (Lipinski definition) is 1. The Kier molecular flexibility index (Phi) is 6.68. The van der Waals surface area contributed by atoms with Crippen molar-refractivity contribution in [1.29, 1.82) is 0 Å². The van der Waals surface area contributed by atoms with Crippen molar-refractivity contribution in [3.05, 3.63) is 35.6 Å². The predicted molar refractivity (Wildman–Crippen MR) is 70.2 cm³/mol. The zero-order valence-corrected chi connectivity index (χ0v) is 10.6. The first-order chi connectivity index (χ1) is 6.99. The van der Waals surface area contributed by atoms with Gasteiger partial charge in [0.1, 0.15) is 0 Å². The molecule has 0 N–H and O–H groups in total. The number of rotatable bonds is 5. The molecule has 1 nitrogen and oxygen atoms in total. The molecule has 0 aliphatic carbocycles. The van der Waals surface area contributed by atoms with Gasteiger partial charge in [-0.05, 0) is 31.1 Å². The van der Waals surface area contributed by atoms with Crippen molar-refractivity contribution >= 4 is 6.72 Å². The average Bonchev–Trinajstić information content (AvgIpc) is 2.15. The van der Waals surface area contributed by atoms with E-state index >= 15 is 0 Å². The molecule has 0 aromatic rings. The third-order valence-corrected chi connectivity index (χ3v) is 2.16. The molecule has 1 heteroatoms. The highest BCUT2D eigenvalue weighted by atomic mass is 14.7. The fourth-order valence-electron chi connectivity index (χ4n) is 1.27. The largest absolute Gasteiger partial charge is 0.269 e. The third kappa shape index (κ3) is 6.05. The first-order valence-corrected chi connectivity index (χ1v) is 5.51. The van der Waals surface area contributed by atoms with Crippen LogP contribution >= 0.6 is 0 Å². The Balaban J connectivity index is 4.65. The summed E-state index contributed by atoms with van der Waals surface area (Å²) in [6.07, 6.45) is 8.45. The summed E-state index contributed by atoms with van der Waals surface area (Å²) in [6.45, 7) is 14.2. The van der Waals surface area contributed by atoms with E-state index in [9.17, 15) is 0 Å². The van der Waals surface area contributed by atoms with Crippen molar-refractivity contribution in [3.8, 4) is 0 Å². The molecule has 0 saturated heterocycles. The van der Waals surface area contributed by atoms with Crippen molar-refractivity contribution in [2.24, 2.45) is 16.8 Å². The maximum atomic E-state index is 3.98. The average molecular weight is 205 g/mol. The van der Waals surface area contributed by atoms with Crippen LogP contribution in [-0.4, -0.2) is 6.72 Å². The minimum absolute atomic E-state index is 0.485. The maximum Gasteiger partial charge on any atom is 0.0399 e. The standard InChI is InChI=1S/C14H23N/c1-11(2)9-7-8-10-14(12(3)4)13(5)15-6/h7-12H,6H2,1-5H3/b9-7+,10-8-,14-13-. The molecule has 0 spiro atoms. The second kappa shape index (κ2) is 7.22. The molecular weight excluding hydrogens is 182 g/mol. The van der Waals surface area contributed by atoms with Gasteiger partial charge in [0.25, 0.3) is 0 Å². The van der Waals surface area contributed by atoms with Crippen molar-refractivity contribution < 1.29 is 0 Å². The summed E-state index contributed by atoms with van der Waals surface area (Å²) in [7, 11) is 0. The van der Waals surface area contributed by atoms with Crippen LogP contribution in [-0.2, 0) is 0 Å². The molecule has 0 aliphatic rings. The van der Waals surface area contributed by atoms with Crippen molar-refractivity contribution in [3.63, 3.8) is 0 Å². The van der Waals surface area contributed by atoms with E-state index in [-0.39, 0.29) is 0 Å². The minimum Gasteiger partial charge on any atom is -0.269 e. The van der Waals surface area contributed by atoms with Gasteiger partial charge in [-0.1, -0.05) is 52.0 Å². The Morgan fingerprint density at radius 3 is 2.13 bits per heavy atom. The van der Waals surface area contributed by atoms with Crippen molar-refractivity contribution in [2.45, 2.75) is 34.6 Å². The number of hydrogen-bond donors (Lipinski definition) is 0. The van der Waals surface area contributed by atoms with Crippen LogP contribution in [0.4, 0.5) is 0 Å². The Hall–Kier alpha value is -1.11. The summed E-state index contributed by atoms with van der Waals surface area (Å²) in [6, 6.07) is 0. The summed E-state index contributed by atoms with van der Waals surface area (Å²) in [5.41, 5.74) is 2.26. The molecule has 0 amide bonds. The fraction of sp³-hybridized carbons (Fsp3) is 0.500. The van der Waals surface area contributed by atoms with E-state index in [1.165, 1.54) is 5.57 Å². The Labute approximate surface area is 94.3 Å². The van der Waals surface area contributed by atoms with E-state index in [1.807, 2.05) is 6.92 Å². The molecule has 0 saturated carbocycles. The van der Waals surface area contributed by atoms with E-state index in [4.69, 9.17) is 0 Å². The minimum atomic E-state index is 0.485. The first-order valence-electron chi connectivity index (χ1n) is 5.51. The van der Waals surface area contributed by atoms with Gasteiger partial charge in [-0.3, -0.25) is 4.99 Å². The second-order valence-corrected chi connectivity index (χ2v) is 4.34. The molecule has 0 atom stereocenters.